The first-order valence-corrected chi connectivity index (χ1v) is 7.29. The lowest BCUT2D eigenvalue weighted by molar-refractivity contribution is -0.126. The average Bonchev–Trinajstić information content (AvgIpc) is 2.57. The van der Waals surface area contributed by atoms with Gasteiger partial charge in [0, 0.05) is 18.5 Å². The minimum Gasteiger partial charge on any atom is -0.352 e. The van der Waals surface area contributed by atoms with Gasteiger partial charge in [0.05, 0.1) is 0 Å². The highest BCUT2D eigenvalue weighted by atomic mass is 16.1. The van der Waals surface area contributed by atoms with E-state index in [9.17, 15) is 4.79 Å². The minimum absolute atomic E-state index is 0.230. The molecule has 0 aromatic rings. The summed E-state index contributed by atoms with van der Waals surface area (Å²) in [7, 11) is 0. The molecule has 1 aliphatic rings. The van der Waals surface area contributed by atoms with Crippen LogP contribution in [0, 0.1) is 5.92 Å². The van der Waals surface area contributed by atoms with E-state index >= 15 is 0 Å². The van der Waals surface area contributed by atoms with E-state index in [0.29, 0.717) is 6.04 Å². The van der Waals surface area contributed by atoms with Crippen molar-refractivity contribution in [2.45, 2.75) is 64.8 Å². The summed E-state index contributed by atoms with van der Waals surface area (Å²) >= 11 is 0. The molecule has 3 nitrogen and oxygen atoms in total. The van der Waals surface area contributed by atoms with E-state index in [1.807, 2.05) is 0 Å². The number of rotatable bonds is 6. The van der Waals surface area contributed by atoms with Gasteiger partial charge in [-0.05, 0) is 32.2 Å². The van der Waals surface area contributed by atoms with Crippen molar-refractivity contribution >= 4 is 5.91 Å². The molecule has 1 fully saturated rings. The van der Waals surface area contributed by atoms with Gasteiger partial charge in [-0.1, -0.05) is 33.1 Å². The first kappa shape index (κ1) is 14.5. The maximum atomic E-state index is 12.2. The summed E-state index contributed by atoms with van der Waals surface area (Å²) in [5.41, 5.74) is 0. The fourth-order valence-corrected chi connectivity index (χ4v) is 2.56. The van der Waals surface area contributed by atoms with Crippen LogP contribution in [-0.4, -0.2) is 25.0 Å². The van der Waals surface area contributed by atoms with Crippen molar-refractivity contribution in [2.24, 2.45) is 5.92 Å². The van der Waals surface area contributed by atoms with Crippen LogP contribution in [0.15, 0.2) is 0 Å². The Bertz CT molecular complexity index is 204. The van der Waals surface area contributed by atoms with Crippen LogP contribution in [-0.2, 0) is 4.79 Å². The molecule has 0 spiro atoms. The Kier molecular flexibility index (Phi) is 7.25. The molecule has 0 aliphatic carbocycles. The van der Waals surface area contributed by atoms with Crippen LogP contribution in [0.4, 0.5) is 0 Å². The van der Waals surface area contributed by atoms with Crippen molar-refractivity contribution in [3.8, 4) is 0 Å². The lowest BCUT2D eigenvalue weighted by Gasteiger charge is -2.21. The molecular weight excluding hydrogens is 212 g/mol. The molecule has 1 heterocycles. The normalized spacial score (nSPS) is 21.2. The molecule has 1 saturated heterocycles. The average molecular weight is 240 g/mol. The molecular formula is C14H28N2O. The molecule has 1 amide bonds. The van der Waals surface area contributed by atoms with Crippen molar-refractivity contribution in [3.05, 3.63) is 0 Å². The molecule has 2 N–H and O–H groups in total. The second-order valence-corrected chi connectivity index (χ2v) is 5.18. The van der Waals surface area contributed by atoms with Crippen molar-refractivity contribution < 1.29 is 4.79 Å². The summed E-state index contributed by atoms with van der Waals surface area (Å²) in [4.78, 5) is 12.2. The number of amides is 1. The predicted octanol–water partition coefficient (Wildman–Crippen LogP) is 2.46. The van der Waals surface area contributed by atoms with Crippen molar-refractivity contribution in [1.29, 1.82) is 0 Å². The van der Waals surface area contributed by atoms with E-state index in [4.69, 9.17) is 0 Å². The smallest absolute Gasteiger partial charge is 0.223 e. The second-order valence-electron chi connectivity index (χ2n) is 5.18. The zero-order valence-corrected chi connectivity index (χ0v) is 11.4. The molecule has 0 bridgehead atoms. The van der Waals surface area contributed by atoms with Crippen molar-refractivity contribution in [3.63, 3.8) is 0 Å². The van der Waals surface area contributed by atoms with Crippen LogP contribution in [0.1, 0.15) is 58.8 Å². The van der Waals surface area contributed by atoms with E-state index in [1.54, 1.807) is 0 Å². The SMILES string of the molecule is CCCC(CCC)C(=O)NC1CCCCNC1. The second kappa shape index (κ2) is 8.51. The minimum atomic E-state index is 0.230. The summed E-state index contributed by atoms with van der Waals surface area (Å²) in [5.74, 6) is 0.510. The summed E-state index contributed by atoms with van der Waals surface area (Å²) in [6.07, 6.45) is 7.84. The first-order valence-electron chi connectivity index (χ1n) is 7.29. The van der Waals surface area contributed by atoms with Gasteiger partial charge in [0.25, 0.3) is 0 Å². The highest BCUT2D eigenvalue weighted by Gasteiger charge is 2.20. The Morgan fingerprint density at radius 2 is 2.00 bits per heavy atom. The Labute approximate surface area is 106 Å². The van der Waals surface area contributed by atoms with E-state index in [0.717, 1.165) is 45.2 Å². The Morgan fingerprint density at radius 3 is 2.65 bits per heavy atom. The van der Waals surface area contributed by atoms with E-state index in [-0.39, 0.29) is 11.8 Å². The summed E-state index contributed by atoms with van der Waals surface area (Å²) in [6, 6.07) is 0.348. The standard InChI is InChI=1S/C14H28N2O/c1-3-7-12(8-4-2)14(17)16-13-9-5-6-10-15-11-13/h12-13,15H,3-11H2,1-2H3,(H,16,17). The van der Waals surface area contributed by atoms with Gasteiger partial charge in [0.1, 0.15) is 0 Å². The largest absolute Gasteiger partial charge is 0.352 e. The molecule has 1 aliphatic heterocycles. The summed E-state index contributed by atoms with van der Waals surface area (Å²) < 4.78 is 0. The van der Waals surface area contributed by atoms with Crippen molar-refractivity contribution in [2.75, 3.05) is 13.1 Å². The van der Waals surface area contributed by atoms with Gasteiger partial charge in [0.15, 0.2) is 0 Å². The van der Waals surface area contributed by atoms with Crippen LogP contribution >= 0.6 is 0 Å². The molecule has 1 unspecified atom stereocenters. The highest BCUT2D eigenvalue weighted by molar-refractivity contribution is 5.78. The van der Waals surface area contributed by atoms with Crippen LogP contribution in [0.3, 0.4) is 0 Å². The predicted molar refractivity (Wildman–Crippen MR) is 72.0 cm³/mol. The number of carbonyl (C=O) groups excluding carboxylic acids is 1. The first-order chi connectivity index (χ1) is 8.27. The van der Waals surface area contributed by atoms with Crippen LogP contribution < -0.4 is 10.6 Å². The van der Waals surface area contributed by atoms with Crippen LogP contribution in [0.2, 0.25) is 0 Å². The van der Waals surface area contributed by atoms with E-state index in [1.165, 1.54) is 12.8 Å². The van der Waals surface area contributed by atoms with Gasteiger partial charge in [-0.25, -0.2) is 0 Å². The van der Waals surface area contributed by atoms with E-state index in [2.05, 4.69) is 24.5 Å². The quantitative estimate of drug-likeness (QED) is 0.749. The number of carbonyl (C=O) groups is 1. The Balaban J connectivity index is 2.38. The third-order valence-corrected chi connectivity index (χ3v) is 3.54. The molecule has 1 rings (SSSR count). The molecule has 3 heteroatoms. The Morgan fingerprint density at radius 1 is 1.29 bits per heavy atom. The van der Waals surface area contributed by atoms with Crippen LogP contribution in [0.5, 0.6) is 0 Å². The molecule has 0 aromatic heterocycles. The zero-order valence-electron chi connectivity index (χ0n) is 11.4. The van der Waals surface area contributed by atoms with Crippen molar-refractivity contribution in [1.82, 2.24) is 10.6 Å². The topological polar surface area (TPSA) is 41.1 Å². The Hall–Kier alpha value is -0.570. The maximum absolute atomic E-state index is 12.2. The van der Waals surface area contributed by atoms with Crippen LogP contribution in [0.25, 0.3) is 0 Å². The fraction of sp³-hybridized carbons (Fsp3) is 0.929. The molecule has 0 aromatic carbocycles. The molecule has 1 atom stereocenters. The summed E-state index contributed by atoms with van der Waals surface area (Å²) in [5, 5.41) is 6.62. The lowest BCUT2D eigenvalue weighted by atomic mass is 9.96. The number of nitrogens with one attached hydrogen (secondary N) is 2. The molecule has 0 saturated carbocycles. The van der Waals surface area contributed by atoms with Gasteiger partial charge in [0.2, 0.25) is 5.91 Å². The van der Waals surface area contributed by atoms with Gasteiger partial charge >= 0.3 is 0 Å². The molecule has 0 radical (unpaired) electrons. The van der Waals surface area contributed by atoms with E-state index < -0.39 is 0 Å². The monoisotopic (exact) mass is 240 g/mol. The number of hydrogen-bond acceptors (Lipinski definition) is 2. The lowest BCUT2D eigenvalue weighted by Crippen LogP contribution is -2.43. The summed E-state index contributed by atoms with van der Waals surface area (Å²) in [6.45, 7) is 6.35. The third kappa shape index (κ3) is 5.53. The third-order valence-electron chi connectivity index (χ3n) is 3.54. The van der Waals surface area contributed by atoms with Gasteiger partial charge in [-0.15, -0.1) is 0 Å². The van der Waals surface area contributed by atoms with Gasteiger partial charge in [-0.3, -0.25) is 4.79 Å². The molecule has 17 heavy (non-hydrogen) atoms. The number of hydrogen-bond donors (Lipinski definition) is 2. The fourth-order valence-electron chi connectivity index (χ4n) is 2.56. The zero-order chi connectivity index (χ0) is 12.5. The molecule has 100 valence electrons. The highest BCUT2D eigenvalue weighted by Crippen LogP contribution is 2.14. The maximum Gasteiger partial charge on any atom is 0.223 e. The van der Waals surface area contributed by atoms with Gasteiger partial charge < -0.3 is 10.6 Å². The van der Waals surface area contributed by atoms with Gasteiger partial charge in [-0.2, -0.15) is 0 Å².